The third-order valence-electron chi connectivity index (χ3n) is 4.05. The molecule has 1 fully saturated rings. The summed E-state index contributed by atoms with van der Waals surface area (Å²) in [5.74, 6) is 0.297. The summed E-state index contributed by atoms with van der Waals surface area (Å²) < 4.78 is 0. The molecule has 2 nitrogen and oxygen atoms in total. The molecule has 2 heteroatoms. The second kappa shape index (κ2) is 3.74. The van der Waals surface area contributed by atoms with E-state index in [0.717, 1.165) is 23.6 Å². The van der Waals surface area contributed by atoms with E-state index in [1.807, 2.05) is 12.1 Å². The van der Waals surface area contributed by atoms with Gasteiger partial charge in [-0.05, 0) is 41.3 Å². The van der Waals surface area contributed by atoms with Crippen LogP contribution in [0.5, 0.6) is 5.75 Å². The SMILES string of the molecule is OCC1(c2ccc3cc(O)ccc3c2)CCC1. The molecular formula is C15H16O2. The van der Waals surface area contributed by atoms with Crippen molar-refractivity contribution in [1.82, 2.24) is 0 Å². The van der Waals surface area contributed by atoms with E-state index < -0.39 is 0 Å². The molecule has 3 rings (SSSR count). The Morgan fingerprint density at radius 3 is 2.35 bits per heavy atom. The molecule has 0 aliphatic heterocycles. The average molecular weight is 228 g/mol. The van der Waals surface area contributed by atoms with Crippen molar-refractivity contribution in [2.45, 2.75) is 24.7 Å². The smallest absolute Gasteiger partial charge is 0.116 e. The molecule has 88 valence electrons. The van der Waals surface area contributed by atoms with E-state index in [9.17, 15) is 10.2 Å². The van der Waals surface area contributed by atoms with Gasteiger partial charge in [0.1, 0.15) is 5.75 Å². The van der Waals surface area contributed by atoms with Crippen LogP contribution >= 0.6 is 0 Å². The van der Waals surface area contributed by atoms with Crippen LogP contribution in [0.4, 0.5) is 0 Å². The van der Waals surface area contributed by atoms with E-state index in [0.29, 0.717) is 5.75 Å². The molecule has 0 saturated heterocycles. The van der Waals surface area contributed by atoms with Crippen molar-refractivity contribution in [2.24, 2.45) is 0 Å². The molecule has 0 radical (unpaired) electrons. The van der Waals surface area contributed by atoms with E-state index in [4.69, 9.17) is 0 Å². The van der Waals surface area contributed by atoms with E-state index in [2.05, 4.69) is 12.1 Å². The number of hydrogen-bond donors (Lipinski definition) is 2. The first kappa shape index (κ1) is 10.6. The van der Waals surface area contributed by atoms with Crippen molar-refractivity contribution < 1.29 is 10.2 Å². The second-order valence-electron chi connectivity index (χ2n) is 5.04. The first-order valence-corrected chi connectivity index (χ1v) is 6.08. The molecule has 1 saturated carbocycles. The van der Waals surface area contributed by atoms with Crippen LogP contribution in [0.3, 0.4) is 0 Å². The molecule has 0 amide bonds. The Labute approximate surface area is 101 Å². The van der Waals surface area contributed by atoms with Gasteiger partial charge >= 0.3 is 0 Å². The Morgan fingerprint density at radius 2 is 1.71 bits per heavy atom. The van der Waals surface area contributed by atoms with Gasteiger partial charge in [-0.25, -0.2) is 0 Å². The largest absolute Gasteiger partial charge is 0.508 e. The standard InChI is InChI=1S/C15H16O2/c16-10-15(6-1-7-15)13-4-2-12-9-14(17)5-3-11(12)8-13/h2-5,8-9,16-17H,1,6-7,10H2. The normalized spacial score (nSPS) is 17.9. The summed E-state index contributed by atoms with van der Waals surface area (Å²) in [5.41, 5.74) is 1.22. The summed E-state index contributed by atoms with van der Waals surface area (Å²) in [6, 6.07) is 11.7. The predicted molar refractivity (Wildman–Crippen MR) is 68.2 cm³/mol. The zero-order valence-corrected chi connectivity index (χ0v) is 9.69. The Morgan fingerprint density at radius 1 is 1.00 bits per heavy atom. The number of aliphatic hydroxyl groups excluding tert-OH is 1. The predicted octanol–water partition coefficient (Wildman–Crippen LogP) is 2.96. The maximum Gasteiger partial charge on any atom is 0.116 e. The lowest BCUT2D eigenvalue weighted by Gasteiger charge is -2.41. The van der Waals surface area contributed by atoms with Gasteiger partial charge in [-0.3, -0.25) is 0 Å². The summed E-state index contributed by atoms with van der Waals surface area (Å²) in [6.45, 7) is 0.233. The second-order valence-corrected chi connectivity index (χ2v) is 5.04. The zero-order chi connectivity index (χ0) is 11.9. The number of hydrogen-bond acceptors (Lipinski definition) is 2. The first-order valence-electron chi connectivity index (χ1n) is 6.08. The van der Waals surface area contributed by atoms with Crippen molar-refractivity contribution in [3.05, 3.63) is 42.0 Å². The highest BCUT2D eigenvalue weighted by molar-refractivity contribution is 5.84. The Kier molecular flexibility index (Phi) is 2.33. The molecule has 0 spiro atoms. The van der Waals surface area contributed by atoms with Crippen molar-refractivity contribution in [3.8, 4) is 5.75 Å². The topological polar surface area (TPSA) is 40.5 Å². The molecule has 0 bridgehead atoms. The van der Waals surface area contributed by atoms with Gasteiger partial charge in [0.05, 0.1) is 6.61 Å². The van der Waals surface area contributed by atoms with Gasteiger partial charge in [0.15, 0.2) is 0 Å². The van der Waals surface area contributed by atoms with Crippen LogP contribution in [-0.2, 0) is 5.41 Å². The molecule has 0 aromatic heterocycles. The van der Waals surface area contributed by atoms with Crippen LogP contribution in [0, 0.1) is 0 Å². The number of phenols is 1. The third kappa shape index (κ3) is 1.60. The van der Waals surface area contributed by atoms with Crippen molar-refractivity contribution >= 4 is 10.8 Å². The number of aliphatic hydroxyl groups is 1. The molecule has 1 aliphatic rings. The van der Waals surface area contributed by atoms with E-state index >= 15 is 0 Å². The van der Waals surface area contributed by atoms with E-state index in [1.54, 1.807) is 12.1 Å². The maximum atomic E-state index is 9.57. The van der Waals surface area contributed by atoms with Crippen molar-refractivity contribution in [1.29, 1.82) is 0 Å². The quantitative estimate of drug-likeness (QED) is 0.829. The van der Waals surface area contributed by atoms with Gasteiger partial charge in [0.2, 0.25) is 0 Å². The Hall–Kier alpha value is -1.54. The highest BCUT2D eigenvalue weighted by Crippen LogP contribution is 2.44. The van der Waals surface area contributed by atoms with Gasteiger partial charge in [-0.2, -0.15) is 0 Å². The molecule has 2 aromatic carbocycles. The Bertz CT molecular complexity index is 550. The molecule has 0 unspecified atom stereocenters. The zero-order valence-electron chi connectivity index (χ0n) is 9.69. The molecule has 2 N–H and O–H groups in total. The minimum atomic E-state index is -0.00786. The van der Waals surface area contributed by atoms with Crippen molar-refractivity contribution in [3.63, 3.8) is 0 Å². The number of rotatable bonds is 2. The Balaban J connectivity index is 2.10. The van der Waals surface area contributed by atoms with Gasteiger partial charge in [0.25, 0.3) is 0 Å². The van der Waals surface area contributed by atoms with Gasteiger partial charge in [-0.15, -0.1) is 0 Å². The summed E-state index contributed by atoms with van der Waals surface area (Å²) >= 11 is 0. The van der Waals surface area contributed by atoms with E-state index in [-0.39, 0.29) is 12.0 Å². The fraction of sp³-hybridized carbons (Fsp3) is 0.333. The lowest BCUT2D eigenvalue weighted by molar-refractivity contribution is 0.120. The van der Waals surface area contributed by atoms with E-state index in [1.165, 1.54) is 12.0 Å². The lowest BCUT2D eigenvalue weighted by Crippen LogP contribution is -2.37. The third-order valence-corrected chi connectivity index (χ3v) is 4.05. The monoisotopic (exact) mass is 228 g/mol. The average Bonchev–Trinajstić information content (AvgIpc) is 2.28. The molecule has 1 aliphatic carbocycles. The van der Waals surface area contributed by atoms with Crippen molar-refractivity contribution in [2.75, 3.05) is 6.61 Å². The van der Waals surface area contributed by atoms with Gasteiger partial charge in [-0.1, -0.05) is 30.7 Å². The van der Waals surface area contributed by atoms with Crippen LogP contribution < -0.4 is 0 Å². The molecular weight excluding hydrogens is 212 g/mol. The number of aromatic hydroxyl groups is 1. The molecule has 0 heterocycles. The number of phenolic OH excluding ortho intramolecular Hbond substituents is 1. The van der Waals surface area contributed by atoms with Crippen LogP contribution in [0.2, 0.25) is 0 Å². The fourth-order valence-corrected chi connectivity index (χ4v) is 2.70. The van der Waals surface area contributed by atoms with Crippen LogP contribution in [0.25, 0.3) is 10.8 Å². The number of benzene rings is 2. The summed E-state index contributed by atoms with van der Waals surface area (Å²) in [4.78, 5) is 0. The minimum absolute atomic E-state index is 0.00786. The van der Waals surface area contributed by atoms with Crippen LogP contribution in [0.15, 0.2) is 36.4 Å². The highest BCUT2D eigenvalue weighted by atomic mass is 16.3. The van der Waals surface area contributed by atoms with Crippen LogP contribution in [0.1, 0.15) is 24.8 Å². The summed E-state index contributed by atoms with van der Waals surface area (Å²) in [5, 5.41) is 21.2. The fourth-order valence-electron chi connectivity index (χ4n) is 2.70. The summed E-state index contributed by atoms with van der Waals surface area (Å²) in [6.07, 6.45) is 3.36. The van der Waals surface area contributed by atoms with Gasteiger partial charge in [0, 0.05) is 5.41 Å². The van der Waals surface area contributed by atoms with Crippen LogP contribution in [-0.4, -0.2) is 16.8 Å². The molecule has 0 atom stereocenters. The molecule has 17 heavy (non-hydrogen) atoms. The maximum absolute atomic E-state index is 9.57. The summed E-state index contributed by atoms with van der Waals surface area (Å²) in [7, 11) is 0. The highest BCUT2D eigenvalue weighted by Gasteiger charge is 2.37. The first-order chi connectivity index (χ1) is 8.23. The molecule has 2 aromatic rings. The van der Waals surface area contributed by atoms with Gasteiger partial charge < -0.3 is 10.2 Å². The lowest BCUT2D eigenvalue weighted by atomic mass is 9.65. The number of fused-ring (bicyclic) bond motifs is 1. The minimum Gasteiger partial charge on any atom is -0.508 e.